The summed E-state index contributed by atoms with van der Waals surface area (Å²) in [5.74, 6) is 0.697. The van der Waals surface area contributed by atoms with E-state index in [-0.39, 0.29) is 0 Å². The monoisotopic (exact) mass is 303 g/mol. The van der Waals surface area contributed by atoms with E-state index in [1.165, 1.54) is 11.3 Å². The summed E-state index contributed by atoms with van der Waals surface area (Å²) in [6, 6.07) is 5.71. The van der Waals surface area contributed by atoms with Crippen LogP contribution >= 0.6 is 11.3 Å². The molecule has 0 aliphatic carbocycles. The van der Waals surface area contributed by atoms with Crippen molar-refractivity contribution in [3.05, 3.63) is 28.8 Å². The molecule has 2 fully saturated rings. The fourth-order valence-electron chi connectivity index (χ4n) is 3.46. The first-order valence-corrected chi connectivity index (χ1v) is 8.06. The largest absolute Gasteiger partial charge is 0.477 e. The van der Waals surface area contributed by atoms with Crippen molar-refractivity contribution in [2.24, 2.45) is 11.8 Å². The molecule has 2 aromatic heterocycles. The smallest absolute Gasteiger partial charge is 0.345 e. The predicted molar refractivity (Wildman–Crippen MR) is 81.7 cm³/mol. The maximum Gasteiger partial charge on any atom is 0.345 e. The van der Waals surface area contributed by atoms with Crippen LogP contribution in [0.4, 0.5) is 0 Å². The third-order valence-corrected chi connectivity index (χ3v) is 5.53. The van der Waals surface area contributed by atoms with Gasteiger partial charge in [-0.2, -0.15) is 0 Å². The number of aromatic carboxylic acids is 1. The predicted octanol–water partition coefficient (Wildman–Crippen LogP) is 1.65. The normalized spacial score (nSPS) is 25.5. The molecule has 0 amide bonds. The number of hydrogen-bond donors (Lipinski definition) is 2. The van der Waals surface area contributed by atoms with Gasteiger partial charge in [0, 0.05) is 25.0 Å². The van der Waals surface area contributed by atoms with Gasteiger partial charge in [0.15, 0.2) is 0 Å². The zero-order valence-corrected chi connectivity index (χ0v) is 12.4. The van der Waals surface area contributed by atoms with Crippen LogP contribution in [0.2, 0.25) is 0 Å². The number of hydrogen-bond acceptors (Lipinski definition) is 5. The van der Waals surface area contributed by atoms with Crippen molar-refractivity contribution in [1.29, 1.82) is 0 Å². The van der Waals surface area contributed by atoms with Crippen molar-refractivity contribution in [1.82, 2.24) is 15.2 Å². The van der Waals surface area contributed by atoms with Gasteiger partial charge in [-0.05, 0) is 37.1 Å². The lowest BCUT2D eigenvalue weighted by Gasteiger charge is -2.16. The van der Waals surface area contributed by atoms with E-state index >= 15 is 0 Å². The minimum absolute atomic E-state index is 0.358. The molecule has 2 saturated heterocycles. The first-order valence-electron chi connectivity index (χ1n) is 7.25. The Bertz CT molecular complexity index is 687. The molecule has 6 heteroatoms. The summed E-state index contributed by atoms with van der Waals surface area (Å²) < 4.78 is 0. The third-order valence-electron chi connectivity index (χ3n) is 4.50. The summed E-state index contributed by atoms with van der Waals surface area (Å²) in [6.07, 6.45) is 0. The number of carboxylic acids is 1. The quantitative estimate of drug-likeness (QED) is 0.902. The lowest BCUT2D eigenvalue weighted by atomic mass is 10.0. The Kier molecular flexibility index (Phi) is 3.17. The van der Waals surface area contributed by atoms with E-state index in [0.717, 1.165) is 60.5 Å². The van der Waals surface area contributed by atoms with Gasteiger partial charge < -0.3 is 10.4 Å². The molecule has 4 rings (SSSR count). The summed E-state index contributed by atoms with van der Waals surface area (Å²) in [5.41, 5.74) is 1.04. The topological polar surface area (TPSA) is 65.5 Å². The van der Waals surface area contributed by atoms with Gasteiger partial charge in [-0.15, -0.1) is 11.3 Å². The first-order chi connectivity index (χ1) is 10.2. The van der Waals surface area contributed by atoms with Crippen LogP contribution in [0.1, 0.15) is 15.4 Å². The van der Waals surface area contributed by atoms with Crippen LogP contribution in [0.3, 0.4) is 0 Å². The molecule has 1 unspecified atom stereocenters. The molecular weight excluding hydrogens is 286 g/mol. The molecule has 2 atom stereocenters. The van der Waals surface area contributed by atoms with Crippen LogP contribution < -0.4 is 5.32 Å². The molecule has 2 aliphatic rings. The maximum atomic E-state index is 11.0. The third kappa shape index (κ3) is 2.43. The lowest BCUT2D eigenvalue weighted by molar-refractivity contribution is 0.0702. The van der Waals surface area contributed by atoms with E-state index in [2.05, 4.69) is 15.2 Å². The van der Waals surface area contributed by atoms with Crippen molar-refractivity contribution in [2.75, 3.05) is 26.2 Å². The van der Waals surface area contributed by atoms with Gasteiger partial charge >= 0.3 is 5.97 Å². The number of rotatable bonds is 3. The molecule has 21 heavy (non-hydrogen) atoms. The number of carbonyl (C=O) groups is 1. The van der Waals surface area contributed by atoms with Crippen LogP contribution in [0.5, 0.6) is 0 Å². The number of nitrogens with zero attached hydrogens (tertiary/aromatic N) is 2. The summed E-state index contributed by atoms with van der Waals surface area (Å²) in [5, 5.41) is 13.4. The maximum absolute atomic E-state index is 11.0. The van der Waals surface area contributed by atoms with Gasteiger partial charge in [0.05, 0.1) is 5.69 Å². The van der Waals surface area contributed by atoms with Crippen LogP contribution in [-0.2, 0) is 6.54 Å². The molecule has 0 spiro atoms. The lowest BCUT2D eigenvalue weighted by Crippen LogP contribution is -2.25. The molecule has 0 radical (unpaired) electrons. The number of nitrogens with one attached hydrogen (secondary N) is 1. The average molecular weight is 303 g/mol. The molecule has 5 nitrogen and oxygen atoms in total. The fraction of sp³-hybridized carbons (Fsp3) is 0.467. The van der Waals surface area contributed by atoms with Crippen LogP contribution in [0, 0.1) is 11.8 Å². The molecule has 0 aromatic carbocycles. The zero-order valence-electron chi connectivity index (χ0n) is 11.6. The second-order valence-electron chi connectivity index (χ2n) is 5.99. The summed E-state index contributed by atoms with van der Waals surface area (Å²) >= 11 is 1.26. The van der Waals surface area contributed by atoms with Gasteiger partial charge in [0.1, 0.15) is 9.71 Å². The first kappa shape index (κ1) is 13.2. The molecule has 2 N–H and O–H groups in total. The van der Waals surface area contributed by atoms with Crippen molar-refractivity contribution in [2.45, 2.75) is 6.54 Å². The number of thiophene rings is 1. The van der Waals surface area contributed by atoms with E-state index in [0.29, 0.717) is 4.88 Å². The molecule has 2 aliphatic heterocycles. The SMILES string of the molecule is O=C(O)c1cc2ccc(CN3CC4CNC[C@@H]4C3)nc2s1. The van der Waals surface area contributed by atoms with Crippen LogP contribution in [0.15, 0.2) is 18.2 Å². The highest BCUT2D eigenvalue weighted by Crippen LogP contribution is 2.28. The molecule has 110 valence electrons. The number of fused-ring (bicyclic) bond motifs is 2. The van der Waals surface area contributed by atoms with Crippen LogP contribution in [0.25, 0.3) is 10.2 Å². The van der Waals surface area contributed by atoms with E-state index < -0.39 is 5.97 Å². The van der Waals surface area contributed by atoms with Crippen LogP contribution in [-0.4, -0.2) is 47.1 Å². The summed E-state index contributed by atoms with van der Waals surface area (Å²) in [6.45, 7) is 5.43. The number of carboxylic acid groups (broad SMARTS) is 1. The molecule has 2 aromatic rings. The zero-order chi connectivity index (χ0) is 14.4. The summed E-state index contributed by atoms with van der Waals surface area (Å²) in [4.78, 5) is 19.3. The molecular formula is C15H17N3O2S. The van der Waals surface area contributed by atoms with Gasteiger partial charge in [0.2, 0.25) is 0 Å². The van der Waals surface area contributed by atoms with E-state index in [1.54, 1.807) is 6.07 Å². The van der Waals surface area contributed by atoms with E-state index in [9.17, 15) is 4.79 Å². The van der Waals surface area contributed by atoms with Crippen molar-refractivity contribution >= 4 is 27.5 Å². The Morgan fingerprint density at radius 2 is 2.14 bits per heavy atom. The van der Waals surface area contributed by atoms with Gasteiger partial charge in [-0.3, -0.25) is 4.90 Å². The van der Waals surface area contributed by atoms with E-state index in [4.69, 9.17) is 5.11 Å². The minimum atomic E-state index is -0.876. The summed E-state index contributed by atoms with van der Waals surface area (Å²) in [7, 11) is 0. The fourth-order valence-corrected chi connectivity index (χ4v) is 4.35. The Labute approximate surface area is 126 Å². The highest BCUT2D eigenvalue weighted by Gasteiger charge is 2.35. The Morgan fingerprint density at radius 1 is 1.38 bits per heavy atom. The second kappa shape index (κ2) is 5.05. The average Bonchev–Trinajstić information content (AvgIpc) is 3.10. The van der Waals surface area contributed by atoms with Gasteiger partial charge in [-0.1, -0.05) is 6.07 Å². The second-order valence-corrected chi connectivity index (χ2v) is 7.02. The number of pyridine rings is 1. The highest BCUT2D eigenvalue weighted by molar-refractivity contribution is 7.20. The van der Waals surface area contributed by atoms with Crippen molar-refractivity contribution in [3.8, 4) is 0 Å². The Hall–Kier alpha value is -1.50. The number of aromatic nitrogens is 1. The Morgan fingerprint density at radius 3 is 2.86 bits per heavy atom. The van der Waals surface area contributed by atoms with E-state index in [1.807, 2.05) is 12.1 Å². The highest BCUT2D eigenvalue weighted by atomic mass is 32.1. The van der Waals surface area contributed by atoms with Crippen molar-refractivity contribution in [3.63, 3.8) is 0 Å². The minimum Gasteiger partial charge on any atom is -0.477 e. The molecule has 0 bridgehead atoms. The Balaban J connectivity index is 1.52. The van der Waals surface area contributed by atoms with Gasteiger partial charge in [0.25, 0.3) is 0 Å². The van der Waals surface area contributed by atoms with Crippen molar-refractivity contribution < 1.29 is 9.90 Å². The molecule has 0 saturated carbocycles. The molecule has 4 heterocycles. The standard InChI is InChI=1S/C15H17N3O2S/c19-15(20)13-3-9-1-2-12(17-14(9)21-13)8-18-6-10-4-16-5-11(10)7-18/h1-3,10-11,16H,4-8H2,(H,19,20)/t10-,11?/m1/s1. The van der Waals surface area contributed by atoms with Gasteiger partial charge in [-0.25, -0.2) is 9.78 Å². The number of likely N-dealkylation sites (tertiary alicyclic amines) is 1.